The Morgan fingerprint density at radius 1 is 1.35 bits per heavy atom. The Morgan fingerprint density at radius 2 is 2.13 bits per heavy atom. The zero-order valence-electron chi connectivity index (χ0n) is 13.0. The molecule has 122 valence electrons. The van der Waals surface area contributed by atoms with Crippen molar-refractivity contribution in [1.82, 2.24) is 15.3 Å². The van der Waals surface area contributed by atoms with Crippen LogP contribution in [0.2, 0.25) is 0 Å². The van der Waals surface area contributed by atoms with Crippen LogP contribution in [0.15, 0.2) is 29.8 Å². The highest BCUT2D eigenvalue weighted by Gasteiger charge is 2.21. The van der Waals surface area contributed by atoms with Gasteiger partial charge in [-0.1, -0.05) is 19.9 Å². The number of pyridine rings is 1. The van der Waals surface area contributed by atoms with E-state index in [0.717, 1.165) is 10.7 Å². The zero-order chi connectivity index (χ0) is 16.8. The van der Waals surface area contributed by atoms with Crippen LogP contribution in [0.3, 0.4) is 0 Å². The third kappa shape index (κ3) is 5.14. The normalized spacial score (nSPS) is 12.1. The number of hydrogen-bond donors (Lipinski definition) is 2. The summed E-state index contributed by atoms with van der Waals surface area (Å²) < 4.78 is 0. The van der Waals surface area contributed by atoms with E-state index in [1.165, 1.54) is 11.3 Å². The Bertz CT molecular complexity index is 670. The van der Waals surface area contributed by atoms with E-state index in [1.807, 2.05) is 32.0 Å². The highest BCUT2D eigenvalue weighted by atomic mass is 32.1. The number of carboxylic acid groups (broad SMARTS) is 1. The van der Waals surface area contributed by atoms with E-state index in [4.69, 9.17) is 5.11 Å². The number of rotatable bonds is 7. The smallest absolute Gasteiger partial charge is 0.326 e. The quantitative estimate of drug-likeness (QED) is 0.811. The molecule has 0 spiro atoms. The second-order valence-corrected chi connectivity index (χ2v) is 6.48. The summed E-state index contributed by atoms with van der Waals surface area (Å²) in [5.41, 5.74) is 1.37. The molecule has 2 aromatic heterocycles. The number of hydrogen-bond acceptors (Lipinski definition) is 5. The Hall–Kier alpha value is -2.28. The molecule has 0 radical (unpaired) electrons. The standard InChI is InChI=1S/C16H19N3O3S/c1-10(2)7-13(16(21)22)19-14(20)8-11-9-23-15(18-11)12-5-3-4-6-17-12/h3-6,9-10,13H,7-8H2,1-2H3,(H,19,20)(H,21,22)/t13-/m1/s1. The molecule has 0 saturated carbocycles. The molecule has 23 heavy (non-hydrogen) atoms. The summed E-state index contributed by atoms with van der Waals surface area (Å²) in [4.78, 5) is 31.8. The Labute approximate surface area is 138 Å². The van der Waals surface area contributed by atoms with Crippen molar-refractivity contribution < 1.29 is 14.7 Å². The number of carboxylic acids is 1. The van der Waals surface area contributed by atoms with Gasteiger partial charge in [0.25, 0.3) is 0 Å². The van der Waals surface area contributed by atoms with Crippen molar-refractivity contribution in [2.24, 2.45) is 5.92 Å². The molecule has 2 N–H and O–H groups in total. The minimum Gasteiger partial charge on any atom is -0.480 e. The first-order valence-corrected chi connectivity index (χ1v) is 8.21. The summed E-state index contributed by atoms with van der Waals surface area (Å²) in [6.07, 6.45) is 2.15. The lowest BCUT2D eigenvalue weighted by Crippen LogP contribution is -2.42. The number of aliphatic carboxylic acids is 1. The molecular formula is C16H19N3O3S. The van der Waals surface area contributed by atoms with Crippen LogP contribution in [0, 0.1) is 5.92 Å². The summed E-state index contributed by atoms with van der Waals surface area (Å²) in [6, 6.07) is 4.69. The molecule has 0 fully saturated rings. The van der Waals surface area contributed by atoms with Crippen LogP contribution in [0.25, 0.3) is 10.7 Å². The molecule has 0 aliphatic carbocycles. The second kappa shape index (κ2) is 7.82. The van der Waals surface area contributed by atoms with Gasteiger partial charge in [0.05, 0.1) is 17.8 Å². The van der Waals surface area contributed by atoms with Gasteiger partial charge >= 0.3 is 5.97 Å². The van der Waals surface area contributed by atoms with Gasteiger partial charge in [0.2, 0.25) is 5.91 Å². The molecule has 0 bridgehead atoms. The molecule has 2 heterocycles. The fourth-order valence-electron chi connectivity index (χ4n) is 2.10. The predicted octanol–water partition coefficient (Wildman–Crippen LogP) is 2.36. The zero-order valence-corrected chi connectivity index (χ0v) is 13.8. The summed E-state index contributed by atoms with van der Waals surface area (Å²) in [6.45, 7) is 3.84. The fourth-order valence-corrected chi connectivity index (χ4v) is 2.89. The van der Waals surface area contributed by atoms with E-state index in [2.05, 4.69) is 15.3 Å². The molecule has 0 saturated heterocycles. The number of nitrogens with zero attached hydrogens (tertiary/aromatic N) is 2. The third-order valence-electron chi connectivity index (χ3n) is 3.12. The number of carbonyl (C=O) groups is 2. The van der Waals surface area contributed by atoms with E-state index in [-0.39, 0.29) is 18.2 Å². The van der Waals surface area contributed by atoms with E-state index < -0.39 is 12.0 Å². The van der Waals surface area contributed by atoms with Crippen molar-refractivity contribution in [2.75, 3.05) is 0 Å². The minimum atomic E-state index is -1.01. The highest BCUT2D eigenvalue weighted by molar-refractivity contribution is 7.13. The first kappa shape index (κ1) is 17.1. The molecule has 0 aliphatic rings. The molecule has 6 nitrogen and oxygen atoms in total. The van der Waals surface area contributed by atoms with E-state index in [1.54, 1.807) is 11.6 Å². The first-order chi connectivity index (χ1) is 11.0. The van der Waals surface area contributed by atoms with Crippen LogP contribution < -0.4 is 5.32 Å². The molecule has 2 rings (SSSR count). The summed E-state index contributed by atoms with van der Waals surface area (Å²) in [7, 11) is 0. The lowest BCUT2D eigenvalue weighted by atomic mass is 10.0. The second-order valence-electron chi connectivity index (χ2n) is 5.62. The van der Waals surface area contributed by atoms with E-state index in [9.17, 15) is 9.59 Å². The summed E-state index contributed by atoms with van der Waals surface area (Å²) in [5, 5.41) is 14.2. The molecular weight excluding hydrogens is 314 g/mol. The topological polar surface area (TPSA) is 92.2 Å². The molecule has 7 heteroatoms. The lowest BCUT2D eigenvalue weighted by molar-refractivity contribution is -0.142. The fraction of sp³-hybridized carbons (Fsp3) is 0.375. The van der Waals surface area contributed by atoms with Gasteiger partial charge in [-0.15, -0.1) is 11.3 Å². The molecule has 0 unspecified atom stereocenters. The van der Waals surface area contributed by atoms with Crippen molar-refractivity contribution in [3.8, 4) is 10.7 Å². The van der Waals surface area contributed by atoms with Crippen LogP contribution in [-0.4, -0.2) is 33.0 Å². The van der Waals surface area contributed by atoms with Gasteiger partial charge in [-0.3, -0.25) is 9.78 Å². The van der Waals surface area contributed by atoms with Gasteiger partial charge in [-0.25, -0.2) is 9.78 Å². The van der Waals surface area contributed by atoms with Crippen molar-refractivity contribution in [3.05, 3.63) is 35.5 Å². The van der Waals surface area contributed by atoms with Crippen molar-refractivity contribution in [1.29, 1.82) is 0 Å². The SMILES string of the molecule is CC(C)C[C@@H](NC(=O)Cc1csc(-c2ccccn2)n1)C(=O)O. The third-order valence-corrected chi connectivity index (χ3v) is 4.03. The number of nitrogens with one attached hydrogen (secondary N) is 1. The maximum absolute atomic E-state index is 12.0. The number of aromatic nitrogens is 2. The highest BCUT2D eigenvalue weighted by Crippen LogP contribution is 2.21. The first-order valence-electron chi connectivity index (χ1n) is 7.33. The van der Waals surface area contributed by atoms with Gasteiger partial charge in [0.1, 0.15) is 11.0 Å². The van der Waals surface area contributed by atoms with Gasteiger partial charge < -0.3 is 10.4 Å². The Kier molecular flexibility index (Phi) is 5.81. The van der Waals surface area contributed by atoms with Crippen LogP contribution in [-0.2, 0) is 16.0 Å². The largest absolute Gasteiger partial charge is 0.480 e. The average molecular weight is 333 g/mol. The van der Waals surface area contributed by atoms with E-state index >= 15 is 0 Å². The molecule has 2 aromatic rings. The molecule has 1 amide bonds. The van der Waals surface area contributed by atoms with Gasteiger partial charge in [-0.05, 0) is 24.5 Å². The van der Waals surface area contributed by atoms with E-state index in [0.29, 0.717) is 12.1 Å². The Balaban J connectivity index is 1.98. The van der Waals surface area contributed by atoms with Gasteiger partial charge in [0.15, 0.2) is 0 Å². The predicted molar refractivity (Wildman–Crippen MR) is 88.1 cm³/mol. The van der Waals surface area contributed by atoms with Crippen molar-refractivity contribution >= 4 is 23.2 Å². The average Bonchev–Trinajstić information content (AvgIpc) is 2.95. The molecule has 1 atom stereocenters. The maximum Gasteiger partial charge on any atom is 0.326 e. The Morgan fingerprint density at radius 3 is 2.74 bits per heavy atom. The van der Waals surface area contributed by atoms with Crippen LogP contribution in [0.5, 0.6) is 0 Å². The van der Waals surface area contributed by atoms with Crippen LogP contribution in [0.4, 0.5) is 0 Å². The van der Waals surface area contributed by atoms with Crippen molar-refractivity contribution in [3.63, 3.8) is 0 Å². The summed E-state index contributed by atoms with van der Waals surface area (Å²) in [5.74, 6) is -1.16. The molecule has 0 aromatic carbocycles. The number of carbonyl (C=O) groups excluding carboxylic acids is 1. The lowest BCUT2D eigenvalue weighted by Gasteiger charge is -2.16. The maximum atomic E-state index is 12.0. The van der Waals surface area contributed by atoms with Gasteiger partial charge in [0, 0.05) is 11.6 Å². The monoisotopic (exact) mass is 333 g/mol. The number of amides is 1. The van der Waals surface area contributed by atoms with Crippen LogP contribution >= 0.6 is 11.3 Å². The van der Waals surface area contributed by atoms with Crippen molar-refractivity contribution in [2.45, 2.75) is 32.7 Å². The van der Waals surface area contributed by atoms with Gasteiger partial charge in [-0.2, -0.15) is 0 Å². The van der Waals surface area contributed by atoms with Crippen LogP contribution in [0.1, 0.15) is 26.0 Å². The molecule has 0 aliphatic heterocycles. The number of thiazole rings is 1. The summed E-state index contributed by atoms with van der Waals surface area (Å²) >= 11 is 1.41. The minimum absolute atomic E-state index is 0.0607.